The topological polar surface area (TPSA) is 109 Å². The van der Waals surface area contributed by atoms with Gasteiger partial charge < -0.3 is 15.5 Å². The van der Waals surface area contributed by atoms with E-state index in [1.54, 1.807) is 11.6 Å². The Balaban J connectivity index is 0.000000250. The number of nitrogens with zero attached hydrogens (tertiary/aromatic N) is 4. The summed E-state index contributed by atoms with van der Waals surface area (Å²) in [6, 6.07) is 15.6. The highest BCUT2D eigenvalue weighted by Crippen LogP contribution is 2.44. The molecule has 0 atom stereocenters. The molecule has 6 aromatic rings. The Bertz CT molecular complexity index is 2280. The van der Waals surface area contributed by atoms with Crippen molar-refractivity contribution in [3.8, 4) is 33.1 Å². The summed E-state index contributed by atoms with van der Waals surface area (Å²) in [5, 5.41) is 11.7. The lowest BCUT2D eigenvalue weighted by Crippen LogP contribution is -2.15. The van der Waals surface area contributed by atoms with Crippen LogP contribution in [-0.2, 0) is 12.8 Å². The molecule has 0 fully saturated rings. The number of benzene rings is 2. The van der Waals surface area contributed by atoms with Crippen LogP contribution in [0, 0.1) is 4.64 Å². The first-order chi connectivity index (χ1) is 25.5. The predicted octanol–water partition coefficient (Wildman–Crippen LogP) is 10.9. The first-order valence-electron chi connectivity index (χ1n) is 17.5. The van der Waals surface area contributed by atoms with Gasteiger partial charge in [-0.25, -0.2) is 14.8 Å². The number of hydrogen-bond donors (Lipinski definition) is 4. The number of aromatic nitrogens is 5. The van der Waals surface area contributed by atoms with Crippen molar-refractivity contribution in [2.45, 2.75) is 75.9 Å². The number of thiazole rings is 1. The Morgan fingerprint density at radius 3 is 2.47 bits per heavy atom. The molecule has 276 valence electrons. The molecule has 3 N–H and O–H groups in total. The molecule has 8 nitrogen and oxygen atoms in total. The molecule has 53 heavy (non-hydrogen) atoms. The van der Waals surface area contributed by atoms with E-state index in [1.807, 2.05) is 59.4 Å². The molecule has 0 aliphatic heterocycles. The fraction of sp³-hybridized carbons (Fsp3) is 0.308. The number of fused-ring (bicyclic) bond motifs is 4. The Labute approximate surface area is 320 Å². The fourth-order valence-corrected chi connectivity index (χ4v) is 7.83. The van der Waals surface area contributed by atoms with Crippen molar-refractivity contribution in [3.05, 3.63) is 99.4 Å². The summed E-state index contributed by atoms with van der Waals surface area (Å²) in [4.78, 5) is 26.1. The molecule has 7 rings (SSSR count). The minimum Gasteiger partial charge on any atom is -0.478 e. The van der Waals surface area contributed by atoms with Gasteiger partial charge in [-0.05, 0) is 58.4 Å². The van der Waals surface area contributed by atoms with Crippen LogP contribution >= 0.6 is 36.2 Å². The van der Waals surface area contributed by atoms with Crippen molar-refractivity contribution in [2.75, 3.05) is 12.0 Å². The number of carbonyl (C=O) groups is 1. The van der Waals surface area contributed by atoms with Crippen LogP contribution in [-0.4, -0.2) is 48.4 Å². The number of aromatic amines is 1. The molecule has 2 aromatic carbocycles. The number of unbranched alkanes of at least 4 members (excludes halogenated alkanes) is 6. The highest BCUT2D eigenvalue weighted by molar-refractivity contribution is 7.80. The van der Waals surface area contributed by atoms with Gasteiger partial charge in [-0.3, -0.25) is 9.66 Å². The van der Waals surface area contributed by atoms with Crippen LogP contribution in [0.5, 0.6) is 0 Å². The zero-order valence-corrected chi connectivity index (χ0v) is 31.6. The number of alkyl halides is 3. The van der Waals surface area contributed by atoms with Crippen molar-refractivity contribution in [3.63, 3.8) is 0 Å². The molecular weight excluding hydrogens is 738 g/mol. The summed E-state index contributed by atoms with van der Waals surface area (Å²) in [6.07, 6.45) is 8.69. The molecule has 4 heterocycles. The number of rotatable bonds is 13. The number of carboxylic acid groups (broad SMARTS) is 1. The van der Waals surface area contributed by atoms with Gasteiger partial charge in [-0.15, -0.1) is 24.0 Å². The molecule has 0 amide bonds. The lowest BCUT2D eigenvalue weighted by atomic mass is 9.90. The second-order valence-electron chi connectivity index (χ2n) is 12.8. The molecular formula is C39H39F3N6O2S3. The molecule has 4 aromatic heterocycles. The Hall–Kier alpha value is -4.53. The number of thiol groups is 1. The van der Waals surface area contributed by atoms with E-state index in [9.17, 15) is 18.0 Å². The summed E-state index contributed by atoms with van der Waals surface area (Å²) >= 11 is 10.3. The van der Waals surface area contributed by atoms with Gasteiger partial charge in [0.1, 0.15) is 15.2 Å². The van der Waals surface area contributed by atoms with Crippen molar-refractivity contribution < 1.29 is 23.1 Å². The third-order valence-corrected chi connectivity index (χ3v) is 10.7. The maximum absolute atomic E-state index is 13.9. The largest absolute Gasteiger partial charge is 0.478 e. The summed E-state index contributed by atoms with van der Waals surface area (Å²) in [5.74, 6) is -0.658. The third kappa shape index (κ3) is 9.17. The first-order valence-corrected chi connectivity index (χ1v) is 19.2. The molecule has 0 bridgehead atoms. The van der Waals surface area contributed by atoms with Gasteiger partial charge in [-0.2, -0.15) is 13.2 Å². The highest BCUT2D eigenvalue weighted by Gasteiger charge is 2.34. The molecule has 0 radical (unpaired) electrons. The molecule has 1 aliphatic rings. The number of H-pyrrole nitrogens is 1. The van der Waals surface area contributed by atoms with Crippen LogP contribution in [0.4, 0.5) is 13.2 Å². The lowest BCUT2D eigenvalue weighted by Gasteiger charge is -2.16. The second kappa shape index (κ2) is 17.1. The van der Waals surface area contributed by atoms with E-state index < -0.39 is 18.6 Å². The van der Waals surface area contributed by atoms with Crippen molar-refractivity contribution in [2.24, 2.45) is 0 Å². The second-order valence-corrected chi connectivity index (χ2v) is 14.6. The van der Waals surface area contributed by atoms with Crippen molar-refractivity contribution in [1.29, 1.82) is 0 Å². The van der Waals surface area contributed by atoms with Gasteiger partial charge in [-0.1, -0.05) is 94.1 Å². The van der Waals surface area contributed by atoms with Crippen LogP contribution in [0.15, 0.2) is 77.5 Å². The van der Waals surface area contributed by atoms with Crippen LogP contribution in [0.2, 0.25) is 0 Å². The van der Waals surface area contributed by atoms with E-state index in [0.29, 0.717) is 38.9 Å². The van der Waals surface area contributed by atoms with E-state index in [4.69, 9.17) is 17.3 Å². The number of nitrogens with one attached hydrogen (secondary N) is 2. The van der Waals surface area contributed by atoms with Gasteiger partial charge >= 0.3 is 12.1 Å². The average Bonchev–Trinajstić information content (AvgIpc) is 3.84. The van der Waals surface area contributed by atoms with E-state index in [2.05, 4.69) is 44.9 Å². The summed E-state index contributed by atoms with van der Waals surface area (Å²) < 4.78 is 43.6. The average molecular weight is 777 g/mol. The summed E-state index contributed by atoms with van der Waals surface area (Å²) in [5.41, 5.74) is 10.5. The van der Waals surface area contributed by atoms with Crippen LogP contribution in [0.25, 0.3) is 44.1 Å². The quantitative estimate of drug-likeness (QED) is 0.0524. The van der Waals surface area contributed by atoms with E-state index >= 15 is 0 Å². The normalized spacial score (nSPS) is 11.9. The Kier molecular flexibility index (Phi) is 12.3. The van der Waals surface area contributed by atoms with Crippen LogP contribution in [0.3, 0.4) is 0 Å². The highest BCUT2D eigenvalue weighted by atomic mass is 32.1. The minimum absolute atomic E-state index is 0.0265. The Morgan fingerprint density at radius 2 is 1.75 bits per heavy atom. The van der Waals surface area contributed by atoms with Gasteiger partial charge in [0.05, 0.1) is 17.5 Å². The van der Waals surface area contributed by atoms with Crippen LogP contribution < -0.4 is 5.43 Å². The number of halogens is 3. The lowest BCUT2D eigenvalue weighted by molar-refractivity contribution is -0.127. The van der Waals surface area contributed by atoms with Gasteiger partial charge in [0.25, 0.3) is 0 Å². The van der Waals surface area contributed by atoms with E-state index in [-0.39, 0.29) is 10.2 Å². The van der Waals surface area contributed by atoms with Crippen molar-refractivity contribution in [1.82, 2.24) is 24.6 Å². The maximum atomic E-state index is 13.9. The molecule has 1 aliphatic carbocycles. The number of hydrogen-bond acceptors (Lipinski definition) is 8. The maximum Gasteiger partial charge on any atom is 0.393 e. The SMILES string of the molecule is CCCCCCCCCNn1cc(-c2ccc3c(c2CC(F)(F)F)Cc2ccccc2-3)c2ncccc21.O=C(O)c1cnc(-c2nc(S)cs2)[nH]c1=S. The standard InChI is InChI=1S/C31H34F3N3.C8H5N3O2S3/c1-2-3-4-5-6-7-10-18-36-37-21-28(30-29(37)14-11-17-35-30)25-16-15-24-23-13-9-8-12-22(23)19-26(24)27(25)20-31(32,33)34;12-8(13)3-1-9-5(11-6(3)15)7-10-4(14)2-16-7/h8-9,11-17,21,36H,2-7,10,18-20H2,1H3;1-2,14H,(H,12,13)(H,9,11,15). The van der Waals surface area contributed by atoms with Crippen LogP contribution in [0.1, 0.15) is 78.9 Å². The first kappa shape index (κ1) is 38.2. The molecule has 0 saturated carbocycles. The monoisotopic (exact) mass is 776 g/mol. The number of aromatic carboxylic acids is 1. The minimum atomic E-state index is -4.31. The smallest absolute Gasteiger partial charge is 0.393 e. The number of pyridine rings is 1. The van der Waals surface area contributed by atoms with E-state index in [1.165, 1.54) is 56.1 Å². The summed E-state index contributed by atoms with van der Waals surface area (Å²) in [7, 11) is 0. The fourth-order valence-electron chi connectivity index (χ4n) is 6.63. The molecule has 0 spiro atoms. The molecule has 0 saturated heterocycles. The number of carboxylic acids is 1. The summed E-state index contributed by atoms with van der Waals surface area (Å²) in [6.45, 7) is 3.03. The molecule has 14 heteroatoms. The molecule has 0 unspecified atom stereocenters. The Morgan fingerprint density at radius 1 is 1.00 bits per heavy atom. The zero-order valence-electron chi connectivity index (χ0n) is 29.0. The van der Waals surface area contributed by atoms with Gasteiger partial charge in [0.15, 0.2) is 10.8 Å². The van der Waals surface area contributed by atoms with Gasteiger partial charge in [0, 0.05) is 36.1 Å². The zero-order chi connectivity index (χ0) is 37.5. The third-order valence-electron chi connectivity index (χ3n) is 9.12. The van der Waals surface area contributed by atoms with Gasteiger partial charge in [0.2, 0.25) is 0 Å². The van der Waals surface area contributed by atoms with Crippen molar-refractivity contribution >= 4 is 53.2 Å². The predicted molar refractivity (Wildman–Crippen MR) is 210 cm³/mol. The van der Waals surface area contributed by atoms with E-state index in [0.717, 1.165) is 46.3 Å².